The maximum atomic E-state index is 5.40. The van der Waals surface area contributed by atoms with Crippen molar-refractivity contribution in [3.8, 4) is 5.69 Å². The minimum absolute atomic E-state index is 0.547. The number of rotatable bonds is 6. The van der Waals surface area contributed by atoms with Gasteiger partial charge in [-0.05, 0) is 31.0 Å². The van der Waals surface area contributed by atoms with Crippen molar-refractivity contribution >= 4 is 11.8 Å². The Bertz CT molecular complexity index is 1040. The van der Waals surface area contributed by atoms with Crippen molar-refractivity contribution in [2.75, 3.05) is 0 Å². The van der Waals surface area contributed by atoms with Crippen LogP contribution in [-0.4, -0.2) is 24.9 Å². The molecule has 0 radical (unpaired) electrons. The van der Waals surface area contributed by atoms with Gasteiger partial charge in [0.05, 0.1) is 11.4 Å². The minimum atomic E-state index is 0.547. The molecule has 6 nitrogen and oxygen atoms in total. The fourth-order valence-electron chi connectivity index (χ4n) is 2.85. The first-order valence-corrected chi connectivity index (χ1v) is 9.65. The Kier molecular flexibility index (Phi) is 5.02. The van der Waals surface area contributed by atoms with Crippen LogP contribution in [0.1, 0.15) is 28.7 Å². The number of hydrogen-bond acceptors (Lipinski definition) is 6. The van der Waals surface area contributed by atoms with E-state index < -0.39 is 0 Å². The Balaban J connectivity index is 1.48. The van der Waals surface area contributed by atoms with Gasteiger partial charge in [-0.2, -0.15) is 4.98 Å². The van der Waals surface area contributed by atoms with Crippen LogP contribution in [0.4, 0.5) is 0 Å². The molecule has 2 aromatic heterocycles. The van der Waals surface area contributed by atoms with E-state index in [9.17, 15) is 0 Å². The summed E-state index contributed by atoms with van der Waals surface area (Å²) in [5, 5.41) is 13.4. The third-order valence-corrected chi connectivity index (χ3v) is 5.11. The molecule has 7 heteroatoms. The number of para-hydroxylation sites is 1. The van der Waals surface area contributed by atoms with Gasteiger partial charge in [0, 0.05) is 6.42 Å². The van der Waals surface area contributed by atoms with Gasteiger partial charge in [-0.25, -0.2) is 0 Å². The summed E-state index contributed by atoms with van der Waals surface area (Å²) in [5.41, 5.74) is 3.41. The van der Waals surface area contributed by atoms with E-state index >= 15 is 0 Å². The zero-order valence-electron chi connectivity index (χ0n) is 15.2. The molecule has 2 aromatic carbocycles. The van der Waals surface area contributed by atoms with Crippen LogP contribution in [0.15, 0.2) is 64.3 Å². The van der Waals surface area contributed by atoms with E-state index in [0.717, 1.165) is 22.2 Å². The van der Waals surface area contributed by atoms with Gasteiger partial charge in [0.15, 0.2) is 11.0 Å². The molecule has 2 heterocycles. The second kappa shape index (κ2) is 7.75. The molecule has 0 spiro atoms. The molecule has 0 bridgehead atoms. The summed E-state index contributed by atoms with van der Waals surface area (Å²) in [7, 11) is 0. The molecule has 27 heavy (non-hydrogen) atoms. The summed E-state index contributed by atoms with van der Waals surface area (Å²) in [6, 6.07) is 18.3. The molecular weight excluding hydrogens is 358 g/mol. The SMILES string of the molecule is Cc1ccccc1-n1c(C)nnc1SCc1nc(Cc2ccccc2)no1. The Morgan fingerprint density at radius 1 is 0.963 bits per heavy atom. The second-order valence-corrected chi connectivity index (χ2v) is 7.15. The summed E-state index contributed by atoms with van der Waals surface area (Å²) in [4.78, 5) is 4.49. The highest BCUT2D eigenvalue weighted by Crippen LogP contribution is 2.26. The summed E-state index contributed by atoms with van der Waals surface area (Å²) in [6.45, 7) is 4.03. The Hall–Kier alpha value is -2.93. The van der Waals surface area contributed by atoms with Gasteiger partial charge < -0.3 is 4.52 Å². The van der Waals surface area contributed by atoms with Crippen molar-refractivity contribution in [3.63, 3.8) is 0 Å². The summed E-state index contributed by atoms with van der Waals surface area (Å²) < 4.78 is 7.45. The zero-order chi connectivity index (χ0) is 18.6. The highest BCUT2D eigenvalue weighted by Gasteiger charge is 2.15. The van der Waals surface area contributed by atoms with Crippen LogP contribution in [0.3, 0.4) is 0 Å². The number of thioether (sulfide) groups is 1. The molecule has 0 aliphatic heterocycles. The normalized spacial score (nSPS) is 11.0. The third-order valence-electron chi connectivity index (χ3n) is 4.19. The van der Waals surface area contributed by atoms with Gasteiger partial charge in [0.2, 0.25) is 5.89 Å². The van der Waals surface area contributed by atoms with Crippen molar-refractivity contribution in [2.24, 2.45) is 0 Å². The Morgan fingerprint density at radius 2 is 1.74 bits per heavy atom. The lowest BCUT2D eigenvalue weighted by Gasteiger charge is -2.10. The highest BCUT2D eigenvalue weighted by atomic mass is 32.2. The molecule has 0 aliphatic rings. The molecule has 136 valence electrons. The zero-order valence-corrected chi connectivity index (χ0v) is 16.0. The van der Waals surface area contributed by atoms with Crippen LogP contribution < -0.4 is 0 Å². The largest absolute Gasteiger partial charge is 0.338 e. The van der Waals surface area contributed by atoms with Crippen LogP contribution in [0.2, 0.25) is 0 Å². The molecule has 4 aromatic rings. The molecule has 4 rings (SSSR count). The first-order valence-electron chi connectivity index (χ1n) is 8.67. The highest BCUT2D eigenvalue weighted by molar-refractivity contribution is 7.98. The van der Waals surface area contributed by atoms with Crippen LogP contribution in [-0.2, 0) is 12.2 Å². The van der Waals surface area contributed by atoms with Crippen molar-refractivity contribution < 1.29 is 4.52 Å². The summed E-state index contributed by atoms with van der Waals surface area (Å²) in [6.07, 6.45) is 0.660. The van der Waals surface area contributed by atoms with Gasteiger partial charge >= 0.3 is 0 Å². The molecule has 0 unspecified atom stereocenters. The predicted molar refractivity (Wildman–Crippen MR) is 104 cm³/mol. The third kappa shape index (κ3) is 3.93. The molecule has 0 fully saturated rings. The van der Waals surface area contributed by atoms with Crippen LogP contribution in [0.25, 0.3) is 5.69 Å². The van der Waals surface area contributed by atoms with Crippen LogP contribution in [0.5, 0.6) is 0 Å². The molecular formula is C20H19N5OS. The summed E-state index contributed by atoms with van der Waals surface area (Å²) in [5.74, 6) is 2.67. The van der Waals surface area contributed by atoms with Crippen molar-refractivity contribution in [1.29, 1.82) is 0 Å². The van der Waals surface area contributed by atoms with Gasteiger partial charge in [-0.3, -0.25) is 4.57 Å². The van der Waals surface area contributed by atoms with Gasteiger partial charge in [0.1, 0.15) is 5.82 Å². The van der Waals surface area contributed by atoms with E-state index in [0.29, 0.717) is 23.9 Å². The number of nitrogens with zero attached hydrogens (tertiary/aromatic N) is 5. The van der Waals surface area contributed by atoms with E-state index in [4.69, 9.17) is 4.52 Å². The molecule has 0 amide bonds. The molecule has 0 aliphatic carbocycles. The maximum Gasteiger partial charge on any atom is 0.237 e. The molecule has 0 saturated carbocycles. The smallest absolute Gasteiger partial charge is 0.237 e. The average Bonchev–Trinajstić information content (AvgIpc) is 3.28. The van der Waals surface area contributed by atoms with E-state index in [1.54, 1.807) is 0 Å². The summed E-state index contributed by atoms with van der Waals surface area (Å²) >= 11 is 1.54. The lowest BCUT2D eigenvalue weighted by molar-refractivity contribution is 0.385. The standard InChI is InChI=1S/C20H19N5OS/c1-14-8-6-7-11-17(14)25-15(2)22-23-20(25)27-13-19-21-18(24-26-19)12-16-9-4-3-5-10-16/h3-11H,12-13H2,1-2H3. The first kappa shape index (κ1) is 17.5. The second-order valence-electron chi connectivity index (χ2n) is 6.21. The number of benzene rings is 2. The van der Waals surface area contributed by atoms with Crippen molar-refractivity contribution in [1.82, 2.24) is 24.9 Å². The number of aromatic nitrogens is 5. The topological polar surface area (TPSA) is 69.6 Å². The van der Waals surface area contributed by atoms with E-state index in [-0.39, 0.29) is 0 Å². The van der Waals surface area contributed by atoms with E-state index in [1.165, 1.54) is 17.3 Å². The first-order chi connectivity index (χ1) is 13.2. The lowest BCUT2D eigenvalue weighted by Crippen LogP contribution is -2.01. The van der Waals surface area contributed by atoms with Gasteiger partial charge in [-0.1, -0.05) is 65.4 Å². The lowest BCUT2D eigenvalue weighted by atomic mass is 10.1. The number of hydrogen-bond donors (Lipinski definition) is 0. The Labute approximate surface area is 161 Å². The molecule has 0 saturated heterocycles. The number of aryl methyl sites for hydroxylation is 2. The quantitative estimate of drug-likeness (QED) is 0.470. The fraction of sp³-hybridized carbons (Fsp3) is 0.200. The van der Waals surface area contributed by atoms with Crippen LogP contribution >= 0.6 is 11.8 Å². The molecule has 0 atom stereocenters. The minimum Gasteiger partial charge on any atom is -0.338 e. The van der Waals surface area contributed by atoms with E-state index in [1.807, 2.05) is 37.3 Å². The monoisotopic (exact) mass is 377 g/mol. The Morgan fingerprint density at radius 3 is 2.56 bits per heavy atom. The van der Waals surface area contributed by atoms with Gasteiger partial charge in [-0.15, -0.1) is 10.2 Å². The maximum absolute atomic E-state index is 5.40. The van der Waals surface area contributed by atoms with Gasteiger partial charge in [0.25, 0.3) is 0 Å². The van der Waals surface area contributed by atoms with Crippen molar-refractivity contribution in [2.45, 2.75) is 31.2 Å². The van der Waals surface area contributed by atoms with Crippen LogP contribution in [0, 0.1) is 13.8 Å². The average molecular weight is 377 g/mol. The predicted octanol–water partition coefficient (Wildman–Crippen LogP) is 4.15. The van der Waals surface area contributed by atoms with E-state index in [2.05, 4.69) is 56.1 Å². The molecule has 0 N–H and O–H groups in total. The van der Waals surface area contributed by atoms with Crippen molar-refractivity contribution in [3.05, 3.63) is 83.3 Å². The fourth-order valence-corrected chi connectivity index (χ4v) is 3.68.